The third-order valence-corrected chi connectivity index (χ3v) is 5.21. The number of halogens is 1. The van der Waals surface area contributed by atoms with E-state index in [1.165, 1.54) is 12.1 Å². The first-order valence-electron chi connectivity index (χ1n) is 8.83. The van der Waals surface area contributed by atoms with E-state index < -0.39 is 0 Å². The zero-order chi connectivity index (χ0) is 19.3. The van der Waals surface area contributed by atoms with Crippen molar-refractivity contribution in [2.75, 3.05) is 0 Å². The smallest absolute Gasteiger partial charge is 0.173 e. The van der Waals surface area contributed by atoms with E-state index in [1.54, 1.807) is 36.3 Å². The van der Waals surface area contributed by atoms with Crippen molar-refractivity contribution in [1.82, 2.24) is 14.5 Å². The summed E-state index contributed by atoms with van der Waals surface area (Å²) >= 11 is 1.55. The molecule has 0 atom stereocenters. The largest absolute Gasteiger partial charge is 0.321 e. The summed E-state index contributed by atoms with van der Waals surface area (Å²) in [5.74, 6) is -0.259. The number of nitrogens with zero attached hydrogens (tertiary/aromatic N) is 3. The summed E-state index contributed by atoms with van der Waals surface area (Å²) in [6, 6.07) is 20.5. The first kappa shape index (κ1) is 18.2. The molecule has 2 aromatic heterocycles. The predicted molar refractivity (Wildman–Crippen MR) is 113 cm³/mol. The molecule has 4 rings (SSSR count). The third kappa shape index (κ3) is 3.89. The van der Waals surface area contributed by atoms with Gasteiger partial charge in [-0.15, -0.1) is 0 Å². The summed E-state index contributed by atoms with van der Waals surface area (Å²) in [5, 5.41) is 2.89. The molecule has 5 heteroatoms. The van der Waals surface area contributed by atoms with Crippen molar-refractivity contribution in [2.45, 2.75) is 5.16 Å². The normalized spacial score (nSPS) is 11.2. The van der Waals surface area contributed by atoms with Gasteiger partial charge in [0.05, 0.1) is 11.4 Å². The summed E-state index contributed by atoms with van der Waals surface area (Å²) in [7, 11) is 1.99. The van der Waals surface area contributed by atoms with E-state index in [0.29, 0.717) is 0 Å². The Hall–Kier alpha value is -3.18. The Bertz CT molecular complexity index is 1090. The molecule has 3 nitrogen and oxygen atoms in total. The first-order chi connectivity index (χ1) is 13.7. The highest BCUT2D eigenvalue weighted by Crippen LogP contribution is 2.35. The third-order valence-electron chi connectivity index (χ3n) is 4.36. The Morgan fingerprint density at radius 1 is 0.893 bits per heavy atom. The fourth-order valence-corrected chi connectivity index (χ4v) is 3.71. The van der Waals surface area contributed by atoms with E-state index in [9.17, 15) is 4.39 Å². The number of aromatic nitrogens is 3. The minimum absolute atomic E-state index is 0.259. The van der Waals surface area contributed by atoms with Crippen LogP contribution in [-0.4, -0.2) is 14.5 Å². The second-order valence-corrected chi connectivity index (χ2v) is 7.10. The van der Waals surface area contributed by atoms with Crippen LogP contribution in [0.3, 0.4) is 0 Å². The second kappa shape index (κ2) is 8.23. The van der Waals surface area contributed by atoms with Crippen molar-refractivity contribution in [1.29, 1.82) is 0 Å². The van der Waals surface area contributed by atoms with E-state index in [-0.39, 0.29) is 5.82 Å². The van der Waals surface area contributed by atoms with Gasteiger partial charge in [0.1, 0.15) is 5.82 Å². The Morgan fingerprint density at radius 2 is 1.61 bits per heavy atom. The molecule has 0 fully saturated rings. The molecular weight excluding hydrogens is 369 g/mol. The van der Waals surface area contributed by atoms with Crippen LogP contribution >= 0.6 is 11.8 Å². The summed E-state index contributed by atoms with van der Waals surface area (Å²) in [5.41, 5.74) is 4.83. The van der Waals surface area contributed by atoms with Gasteiger partial charge in [0, 0.05) is 30.6 Å². The lowest BCUT2D eigenvalue weighted by molar-refractivity contribution is 0.628. The van der Waals surface area contributed by atoms with E-state index in [4.69, 9.17) is 4.98 Å². The molecule has 0 saturated heterocycles. The van der Waals surface area contributed by atoms with Crippen molar-refractivity contribution in [3.63, 3.8) is 0 Å². The molecule has 28 heavy (non-hydrogen) atoms. The fraction of sp³-hybridized carbons (Fsp3) is 0.0435. The molecule has 0 radical (unpaired) electrons. The van der Waals surface area contributed by atoms with Crippen LogP contribution in [0.1, 0.15) is 5.56 Å². The van der Waals surface area contributed by atoms with E-state index in [2.05, 4.69) is 27.8 Å². The number of pyridine rings is 1. The van der Waals surface area contributed by atoms with Gasteiger partial charge in [0.2, 0.25) is 0 Å². The lowest BCUT2D eigenvalue weighted by Crippen LogP contribution is -1.94. The SMILES string of the molecule is Cn1c(SC=Cc2ccccc2)nc(-c2ccc(F)cc2)c1-c1ccncc1. The molecule has 138 valence electrons. The standard InChI is InChI=1S/C23H18FN3S/c1-27-22(19-11-14-25-15-12-19)21(18-7-9-20(24)10-8-18)26-23(27)28-16-13-17-5-3-2-4-6-17/h2-16H,1H3. The Kier molecular flexibility index (Phi) is 5.35. The van der Waals surface area contributed by atoms with Crippen LogP contribution in [0.4, 0.5) is 4.39 Å². The molecule has 2 aromatic carbocycles. The maximum Gasteiger partial charge on any atom is 0.173 e. The molecule has 2 heterocycles. The van der Waals surface area contributed by atoms with Gasteiger partial charge in [-0.2, -0.15) is 0 Å². The van der Waals surface area contributed by atoms with Gasteiger partial charge in [0.15, 0.2) is 5.16 Å². The zero-order valence-electron chi connectivity index (χ0n) is 15.3. The lowest BCUT2D eigenvalue weighted by Gasteiger charge is -2.07. The highest BCUT2D eigenvalue weighted by atomic mass is 32.2. The van der Waals surface area contributed by atoms with Crippen LogP contribution in [0.15, 0.2) is 89.7 Å². The van der Waals surface area contributed by atoms with Crippen molar-refractivity contribution < 1.29 is 4.39 Å². The van der Waals surface area contributed by atoms with Gasteiger partial charge in [-0.1, -0.05) is 42.1 Å². The average Bonchev–Trinajstić information content (AvgIpc) is 3.06. The average molecular weight is 387 g/mol. The molecular formula is C23H18FN3S. The van der Waals surface area contributed by atoms with Crippen LogP contribution < -0.4 is 0 Å². The molecule has 4 aromatic rings. The van der Waals surface area contributed by atoms with E-state index in [0.717, 1.165) is 33.2 Å². The van der Waals surface area contributed by atoms with Gasteiger partial charge < -0.3 is 4.57 Å². The highest BCUT2D eigenvalue weighted by molar-refractivity contribution is 8.02. The number of benzene rings is 2. The maximum absolute atomic E-state index is 13.4. The van der Waals surface area contributed by atoms with Gasteiger partial charge in [-0.05, 0) is 53.4 Å². The van der Waals surface area contributed by atoms with Crippen LogP contribution in [0.25, 0.3) is 28.6 Å². The molecule has 0 spiro atoms. The van der Waals surface area contributed by atoms with Crippen molar-refractivity contribution in [3.8, 4) is 22.5 Å². The Labute approximate surface area is 167 Å². The van der Waals surface area contributed by atoms with Crippen LogP contribution in [0.2, 0.25) is 0 Å². The fourth-order valence-electron chi connectivity index (χ4n) is 2.97. The summed E-state index contributed by atoms with van der Waals surface area (Å²) in [6.07, 6.45) is 5.58. The van der Waals surface area contributed by atoms with E-state index >= 15 is 0 Å². The van der Waals surface area contributed by atoms with E-state index in [1.807, 2.05) is 42.8 Å². The lowest BCUT2D eigenvalue weighted by atomic mass is 10.1. The molecule has 0 N–H and O–H groups in total. The number of imidazole rings is 1. The van der Waals surface area contributed by atoms with Crippen molar-refractivity contribution in [2.24, 2.45) is 7.05 Å². The Balaban J connectivity index is 1.74. The summed E-state index contributed by atoms with van der Waals surface area (Å²) < 4.78 is 15.5. The molecule has 0 aliphatic rings. The predicted octanol–water partition coefficient (Wildman–Crippen LogP) is 6.05. The van der Waals surface area contributed by atoms with Gasteiger partial charge in [0.25, 0.3) is 0 Å². The molecule has 0 unspecified atom stereocenters. The molecule has 0 bridgehead atoms. The van der Waals surface area contributed by atoms with Crippen molar-refractivity contribution in [3.05, 3.63) is 95.9 Å². The molecule has 0 aliphatic carbocycles. The highest BCUT2D eigenvalue weighted by Gasteiger charge is 2.17. The van der Waals surface area contributed by atoms with Crippen LogP contribution in [0.5, 0.6) is 0 Å². The van der Waals surface area contributed by atoms with Crippen LogP contribution in [-0.2, 0) is 7.05 Å². The van der Waals surface area contributed by atoms with Crippen molar-refractivity contribution >= 4 is 17.8 Å². The zero-order valence-corrected chi connectivity index (χ0v) is 16.1. The molecule has 0 saturated carbocycles. The maximum atomic E-state index is 13.4. The quantitative estimate of drug-likeness (QED) is 0.391. The number of hydrogen-bond acceptors (Lipinski definition) is 3. The second-order valence-electron chi connectivity index (χ2n) is 6.22. The number of rotatable bonds is 5. The van der Waals surface area contributed by atoms with Gasteiger partial charge in [-0.25, -0.2) is 9.37 Å². The summed E-state index contributed by atoms with van der Waals surface area (Å²) in [6.45, 7) is 0. The molecule has 0 amide bonds. The van der Waals surface area contributed by atoms with Crippen LogP contribution in [0, 0.1) is 5.82 Å². The number of thioether (sulfide) groups is 1. The Morgan fingerprint density at radius 3 is 2.32 bits per heavy atom. The van der Waals surface area contributed by atoms with Gasteiger partial charge >= 0.3 is 0 Å². The van der Waals surface area contributed by atoms with Gasteiger partial charge in [-0.3, -0.25) is 4.98 Å². The molecule has 0 aliphatic heterocycles. The monoisotopic (exact) mass is 387 g/mol. The first-order valence-corrected chi connectivity index (χ1v) is 9.71. The number of hydrogen-bond donors (Lipinski definition) is 0. The topological polar surface area (TPSA) is 30.7 Å². The summed E-state index contributed by atoms with van der Waals surface area (Å²) in [4.78, 5) is 8.96. The minimum Gasteiger partial charge on any atom is -0.321 e. The minimum atomic E-state index is -0.259.